The number of halogens is 2. The number of hydrogen-bond donors (Lipinski definition) is 3. The van der Waals surface area contributed by atoms with Crippen LogP contribution in [0.5, 0.6) is 0 Å². The molecule has 0 saturated carbocycles. The smallest absolute Gasteiger partial charge is 0.274 e. The molecule has 156 valence electrons. The van der Waals surface area contributed by atoms with Gasteiger partial charge in [0.05, 0.1) is 23.5 Å². The molecule has 1 fully saturated rings. The van der Waals surface area contributed by atoms with Gasteiger partial charge in [-0.05, 0) is 43.7 Å². The number of alkyl halides is 2. The number of nitrogens with one attached hydrogen (secondary N) is 2. The number of nitrogens with two attached hydrogens (primary N) is 1. The summed E-state index contributed by atoms with van der Waals surface area (Å²) < 4.78 is 25.2. The first-order chi connectivity index (χ1) is 13.8. The third-order valence-corrected chi connectivity index (χ3v) is 4.61. The molecule has 1 aliphatic rings. The van der Waals surface area contributed by atoms with Crippen molar-refractivity contribution in [2.24, 2.45) is 5.73 Å². The number of pyridine rings is 1. The summed E-state index contributed by atoms with van der Waals surface area (Å²) in [5.41, 5.74) is 6.62. The molecular formula is C20H25F2N5O2. The Labute approximate surface area is 168 Å². The van der Waals surface area contributed by atoms with Crippen LogP contribution in [0.15, 0.2) is 55.0 Å². The van der Waals surface area contributed by atoms with Crippen LogP contribution in [0.4, 0.5) is 8.78 Å². The number of carbonyl (C=O) groups is 2. The minimum absolute atomic E-state index is 0.0941. The van der Waals surface area contributed by atoms with Gasteiger partial charge in [-0.15, -0.1) is 0 Å². The Morgan fingerprint density at radius 1 is 1.31 bits per heavy atom. The number of aromatic nitrogens is 1. The van der Waals surface area contributed by atoms with Gasteiger partial charge in [-0.2, -0.15) is 0 Å². The SMILES string of the molecule is C=C/C(N)=C(\C=C)NC(=O)c1ccc(C(=O)NCC2CCCN2CC(F)F)cn1. The normalized spacial score (nSPS) is 17.6. The summed E-state index contributed by atoms with van der Waals surface area (Å²) in [6.45, 7) is 7.69. The van der Waals surface area contributed by atoms with Gasteiger partial charge in [0.2, 0.25) is 0 Å². The summed E-state index contributed by atoms with van der Waals surface area (Å²) in [6.07, 6.45) is 3.24. The van der Waals surface area contributed by atoms with Crippen LogP contribution in [0.1, 0.15) is 33.7 Å². The first-order valence-corrected chi connectivity index (χ1v) is 9.18. The fourth-order valence-corrected chi connectivity index (χ4v) is 3.06. The van der Waals surface area contributed by atoms with Crippen LogP contribution in [-0.2, 0) is 0 Å². The van der Waals surface area contributed by atoms with E-state index in [4.69, 9.17) is 5.73 Å². The second-order valence-electron chi connectivity index (χ2n) is 6.56. The standard InChI is InChI=1S/C20H25F2N5O2/c1-3-15(23)16(4-2)26-20(29)17-8-7-13(10-24-17)19(28)25-11-14-6-5-9-27(14)12-18(21)22/h3-4,7-8,10,14,18H,1-2,5-6,9,11-12,23H2,(H,25,28)(H,26,29)/b16-15-. The third kappa shape index (κ3) is 6.21. The van der Waals surface area contributed by atoms with Crippen LogP contribution < -0.4 is 16.4 Å². The van der Waals surface area contributed by atoms with Gasteiger partial charge in [0.1, 0.15) is 5.69 Å². The van der Waals surface area contributed by atoms with Gasteiger partial charge in [0.25, 0.3) is 18.2 Å². The summed E-state index contributed by atoms with van der Waals surface area (Å²) >= 11 is 0. The van der Waals surface area contributed by atoms with E-state index in [1.165, 1.54) is 30.5 Å². The lowest BCUT2D eigenvalue weighted by molar-refractivity contribution is 0.0791. The van der Waals surface area contributed by atoms with Crippen molar-refractivity contribution in [1.82, 2.24) is 20.5 Å². The van der Waals surface area contributed by atoms with E-state index >= 15 is 0 Å². The summed E-state index contributed by atoms with van der Waals surface area (Å²) in [5, 5.41) is 5.30. The van der Waals surface area contributed by atoms with Crippen molar-refractivity contribution in [3.8, 4) is 0 Å². The van der Waals surface area contributed by atoms with Crippen molar-refractivity contribution in [3.63, 3.8) is 0 Å². The molecule has 1 atom stereocenters. The quantitative estimate of drug-likeness (QED) is 0.544. The van der Waals surface area contributed by atoms with Crippen LogP contribution in [0.3, 0.4) is 0 Å². The molecular weight excluding hydrogens is 380 g/mol. The molecule has 1 aliphatic heterocycles. The fraction of sp³-hybridized carbons (Fsp3) is 0.350. The van der Waals surface area contributed by atoms with Crippen LogP contribution in [0.2, 0.25) is 0 Å². The predicted octanol–water partition coefficient (Wildman–Crippen LogP) is 1.81. The van der Waals surface area contributed by atoms with Crippen molar-refractivity contribution >= 4 is 11.8 Å². The van der Waals surface area contributed by atoms with Gasteiger partial charge < -0.3 is 16.4 Å². The van der Waals surface area contributed by atoms with Gasteiger partial charge >= 0.3 is 0 Å². The maximum absolute atomic E-state index is 12.6. The zero-order valence-electron chi connectivity index (χ0n) is 16.0. The summed E-state index contributed by atoms with van der Waals surface area (Å²) in [6, 6.07) is 2.77. The predicted molar refractivity (Wildman–Crippen MR) is 106 cm³/mol. The van der Waals surface area contributed by atoms with E-state index in [2.05, 4.69) is 28.8 Å². The van der Waals surface area contributed by atoms with Crippen LogP contribution in [0.25, 0.3) is 0 Å². The largest absolute Gasteiger partial charge is 0.397 e. The Kier molecular flexibility index (Phi) is 8.02. The Morgan fingerprint density at radius 2 is 2.07 bits per heavy atom. The number of amides is 2. The molecule has 7 nitrogen and oxygen atoms in total. The van der Waals surface area contributed by atoms with E-state index in [9.17, 15) is 18.4 Å². The first kappa shape index (κ1) is 22.2. The lowest BCUT2D eigenvalue weighted by atomic mass is 10.2. The van der Waals surface area contributed by atoms with Gasteiger partial charge in [0.15, 0.2) is 0 Å². The number of likely N-dealkylation sites (tertiary alicyclic amines) is 1. The Balaban J connectivity index is 1.94. The lowest BCUT2D eigenvalue weighted by Gasteiger charge is -2.24. The van der Waals surface area contributed by atoms with Crippen molar-refractivity contribution < 1.29 is 18.4 Å². The fourth-order valence-electron chi connectivity index (χ4n) is 3.06. The molecule has 4 N–H and O–H groups in total. The van der Waals surface area contributed by atoms with Crippen LogP contribution >= 0.6 is 0 Å². The monoisotopic (exact) mass is 405 g/mol. The number of rotatable bonds is 9. The molecule has 0 aliphatic carbocycles. The molecule has 9 heteroatoms. The van der Waals surface area contributed by atoms with Crippen LogP contribution in [-0.4, -0.2) is 53.8 Å². The second kappa shape index (κ2) is 10.5. The minimum Gasteiger partial charge on any atom is -0.397 e. The zero-order valence-corrected chi connectivity index (χ0v) is 16.0. The molecule has 1 aromatic heterocycles. The summed E-state index contributed by atoms with van der Waals surface area (Å²) in [7, 11) is 0. The molecule has 2 amide bonds. The average molecular weight is 405 g/mol. The summed E-state index contributed by atoms with van der Waals surface area (Å²) in [4.78, 5) is 30.2. The molecule has 29 heavy (non-hydrogen) atoms. The Bertz CT molecular complexity index is 793. The van der Waals surface area contributed by atoms with Crippen molar-refractivity contribution in [1.29, 1.82) is 0 Å². The van der Waals surface area contributed by atoms with Crippen molar-refractivity contribution in [2.45, 2.75) is 25.3 Å². The minimum atomic E-state index is -2.40. The number of allylic oxidation sites excluding steroid dienone is 2. The molecule has 0 bridgehead atoms. The van der Waals surface area contributed by atoms with Crippen LogP contribution in [0, 0.1) is 0 Å². The van der Waals surface area contributed by atoms with Crippen molar-refractivity contribution in [3.05, 3.63) is 66.3 Å². The molecule has 1 saturated heterocycles. The molecule has 1 unspecified atom stereocenters. The highest BCUT2D eigenvalue weighted by atomic mass is 19.3. The molecule has 2 heterocycles. The number of nitrogens with zero attached hydrogens (tertiary/aromatic N) is 2. The zero-order chi connectivity index (χ0) is 21.4. The Morgan fingerprint density at radius 3 is 2.66 bits per heavy atom. The molecule has 2 rings (SSSR count). The number of carbonyl (C=O) groups excluding carboxylic acids is 2. The van der Waals surface area contributed by atoms with Gasteiger partial charge in [-0.3, -0.25) is 19.5 Å². The first-order valence-electron chi connectivity index (χ1n) is 9.18. The van der Waals surface area contributed by atoms with Gasteiger partial charge in [-0.1, -0.05) is 13.2 Å². The van der Waals surface area contributed by atoms with E-state index in [0.717, 1.165) is 12.8 Å². The van der Waals surface area contributed by atoms with E-state index < -0.39 is 12.3 Å². The van der Waals surface area contributed by atoms with E-state index in [1.54, 1.807) is 4.90 Å². The summed E-state index contributed by atoms with van der Waals surface area (Å²) in [5.74, 6) is -0.888. The maximum Gasteiger partial charge on any atom is 0.274 e. The van der Waals surface area contributed by atoms with E-state index in [1.807, 2.05) is 0 Å². The second-order valence-corrected chi connectivity index (χ2v) is 6.56. The highest BCUT2D eigenvalue weighted by Crippen LogP contribution is 2.17. The lowest BCUT2D eigenvalue weighted by Crippen LogP contribution is -2.42. The molecule has 1 aromatic rings. The van der Waals surface area contributed by atoms with Crippen molar-refractivity contribution in [2.75, 3.05) is 19.6 Å². The average Bonchev–Trinajstić information content (AvgIpc) is 3.15. The highest BCUT2D eigenvalue weighted by Gasteiger charge is 2.27. The Hall–Kier alpha value is -3.07. The third-order valence-electron chi connectivity index (χ3n) is 4.61. The molecule has 0 spiro atoms. The topological polar surface area (TPSA) is 100 Å². The molecule has 0 radical (unpaired) electrons. The van der Waals surface area contributed by atoms with Gasteiger partial charge in [-0.25, -0.2) is 8.78 Å². The van der Waals surface area contributed by atoms with E-state index in [-0.39, 0.29) is 42.0 Å². The highest BCUT2D eigenvalue weighted by molar-refractivity contribution is 5.96. The van der Waals surface area contributed by atoms with Gasteiger partial charge in [0, 0.05) is 18.8 Å². The number of hydrogen-bond acceptors (Lipinski definition) is 5. The maximum atomic E-state index is 12.6. The molecule has 0 aromatic carbocycles. The van der Waals surface area contributed by atoms with E-state index in [0.29, 0.717) is 12.2 Å².